The van der Waals surface area contributed by atoms with Gasteiger partial charge in [0, 0.05) is 0 Å². The van der Waals surface area contributed by atoms with Crippen LogP contribution in [0.25, 0.3) is 11.2 Å². The van der Waals surface area contributed by atoms with Crippen LogP contribution in [-0.2, 0) is 19.7 Å². The lowest BCUT2D eigenvalue weighted by Crippen LogP contribution is -2.33. The molecule has 0 bridgehead atoms. The molecule has 14 heteroatoms. The minimum atomic E-state index is -4.76. The summed E-state index contributed by atoms with van der Waals surface area (Å²) in [5.41, 5.74) is -0.477. The highest BCUT2D eigenvalue weighted by atomic mass is 35.5. The van der Waals surface area contributed by atoms with Gasteiger partial charge in [-0.05, 0) is 0 Å². The number of nitrogens with zero attached hydrogens (tertiary/aromatic N) is 3. The maximum absolute atomic E-state index is 11.9. The molecular formula is C11H14ClN4O8P. The molecular weight excluding hydrogens is 383 g/mol. The first-order valence-electron chi connectivity index (χ1n) is 6.94. The molecule has 1 saturated heterocycles. The molecule has 2 aromatic heterocycles. The Labute approximate surface area is 144 Å². The number of nitrogens with one attached hydrogen (secondary N) is 1. The second-order valence-electron chi connectivity index (χ2n) is 5.30. The second kappa shape index (κ2) is 6.74. The first-order chi connectivity index (χ1) is 11.7. The number of rotatable bonds is 5. The number of fused-ring (bicyclic) bond motifs is 1. The van der Waals surface area contributed by atoms with Crippen molar-refractivity contribution >= 4 is 30.6 Å². The highest BCUT2D eigenvalue weighted by Gasteiger charge is 2.45. The zero-order valence-electron chi connectivity index (χ0n) is 12.4. The van der Waals surface area contributed by atoms with Gasteiger partial charge in [-0.25, -0.2) is 14.5 Å². The summed E-state index contributed by atoms with van der Waals surface area (Å²) in [6, 6.07) is 0. The number of H-pyrrole nitrogens is 1. The molecule has 12 nitrogen and oxygen atoms in total. The highest BCUT2D eigenvalue weighted by Crippen LogP contribution is 2.38. The smallest absolute Gasteiger partial charge is 0.387 e. The Bertz CT molecular complexity index is 881. The van der Waals surface area contributed by atoms with Gasteiger partial charge in [0.05, 0.1) is 18.8 Å². The molecule has 25 heavy (non-hydrogen) atoms. The number of aliphatic hydroxyl groups excluding tert-OH is 2. The van der Waals surface area contributed by atoms with Gasteiger partial charge in [-0.3, -0.25) is 13.9 Å². The van der Waals surface area contributed by atoms with Gasteiger partial charge >= 0.3 is 7.82 Å². The maximum Gasteiger partial charge on any atom is 0.469 e. The monoisotopic (exact) mass is 396 g/mol. The number of aliphatic hydroxyl groups is 2. The van der Waals surface area contributed by atoms with Crippen molar-refractivity contribution in [2.45, 2.75) is 30.4 Å². The van der Waals surface area contributed by atoms with Crippen LogP contribution in [0.3, 0.4) is 0 Å². The van der Waals surface area contributed by atoms with Crippen molar-refractivity contribution in [3.63, 3.8) is 0 Å². The van der Waals surface area contributed by atoms with E-state index in [1.165, 1.54) is 10.9 Å². The quantitative estimate of drug-likeness (QED) is 0.297. The molecule has 0 saturated carbocycles. The van der Waals surface area contributed by atoms with Gasteiger partial charge in [0.15, 0.2) is 17.4 Å². The van der Waals surface area contributed by atoms with Crippen molar-refractivity contribution in [2.75, 3.05) is 6.61 Å². The van der Waals surface area contributed by atoms with E-state index in [4.69, 9.17) is 26.1 Å². The molecule has 1 aliphatic rings. The number of phosphoric acid groups is 1. The number of aromatic nitrogens is 4. The predicted octanol–water partition coefficient (Wildman–Crippen LogP) is -1.41. The van der Waals surface area contributed by atoms with E-state index < -0.39 is 44.5 Å². The van der Waals surface area contributed by atoms with Crippen molar-refractivity contribution in [1.29, 1.82) is 0 Å². The fourth-order valence-corrected chi connectivity index (χ4v) is 2.96. The Morgan fingerprint density at radius 3 is 2.76 bits per heavy atom. The maximum atomic E-state index is 11.9. The zero-order valence-corrected chi connectivity index (χ0v) is 14.0. The molecule has 1 aliphatic heterocycles. The average Bonchev–Trinajstić information content (AvgIpc) is 3.08. The second-order valence-corrected chi connectivity index (χ2v) is 6.81. The van der Waals surface area contributed by atoms with E-state index in [-0.39, 0.29) is 22.9 Å². The standard InChI is InChI=1S/C11H14ClN4O8P/c12-1-5-14-9-6(10(19)15-5)13-3-16(9)11-8(18)7(17)4(24-11)2-23-25(20,21)22/h3-4,7-8,11,17-18H,1-2H2,(H,14,15,19)(H2,20,21,22). The van der Waals surface area contributed by atoms with Crippen LogP contribution < -0.4 is 5.56 Å². The summed E-state index contributed by atoms with van der Waals surface area (Å²) in [4.78, 5) is 39.8. The van der Waals surface area contributed by atoms with E-state index in [0.717, 1.165) is 0 Å². The van der Waals surface area contributed by atoms with Crippen molar-refractivity contribution in [3.05, 3.63) is 22.5 Å². The van der Waals surface area contributed by atoms with Crippen LogP contribution >= 0.6 is 19.4 Å². The fourth-order valence-electron chi connectivity index (χ4n) is 2.49. The van der Waals surface area contributed by atoms with Crippen LogP contribution in [0.4, 0.5) is 0 Å². The Balaban J connectivity index is 1.91. The predicted molar refractivity (Wildman–Crippen MR) is 81.6 cm³/mol. The number of hydrogen-bond acceptors (Lipinski definition) is 8. The van der Waals surface area contributed by atoms with E-state index >= 15 is 0 Å². The molecule has 0 aromatic carbocycles. The molecule has 4 atom stereocenters. The van der Waals surface area contributed by atoms with E-state index in [2.05, 4.69) is 19.5 Å². The number of phosphoric ester groups is 1. The summed E-state index contributed by atoms with van der Waals surface area (Å²) in [5.74, 6) is 0.113. The molecule has 138 valence electrons. The molecule has 0 spiro atoms. The number of hydrogen-bond donors (Lipinski definition) is 5. The number of alkyl halides is 1. The Morgan fingerprint density at radius 1 is 1.40 bits per heavy atom. The third-order valence-corrected chi connectivity index (χ3v) is 4.36. The van der Waals surface area contributed by atoms with Crippen molar-refractivity contribution in [1.82, 2.24) is 19.5 Å². The fraction of sp³-hybridized carbons (Fsp3) is 0.545. The molecule has 2 aromatic rings. The van der Waals surface area contributed by atoms with Crippen LogP contribution in [-0.4, -0.2) is 64.4 Å². The van der Waals surface area contributed by atoms with E-state index in [1.54, 1.807) is 0 Å². The molecule has 5 N–H and O–H groups in total. The minimum absolute atomic E-state index is 0.0194. The van der Waals surface area contributed by atoms with Crippen LogP contribution in [0.2, 0.25) is 0 Å². The third-order valence-electron chi connectivity index (χ3n) is 3.63. The first-order valence-corrected chi connectivity index (χ1v) is 9.01. The number of halogens is 1. The van der Waals surface area contributed by atoms with Crippen molar-refractivity contribution in [2.24, 2.45) is 0 Å². The van der Waals surface area contributed by atoms with Crippen LogP contribution in [0.1, 0.15) is 12.1 Å². The summed E-state index contributed by atoms with van der Waals surface area (Å²) in [5, 5.41) is 20.2. The lowest BCUT2D eigenvalue weighted by molar-refractivity contribution is -0.0504. The molecule has 0 radical (unpaired) electrons. The number of ether oxygens (including phenoxy) is 1. The number of imidazole rings is 1. The van der Waals surface area contributed by atoms with Gasteiger partial charge in [-0.1, -0.05) is 0 Å². The number of aromatic amines is 1. The summed E-state index contributed by atoms with van der Waals surface area (Å²) in [6.07, 6.45) is -4.16. The average molecular weight is 397 g/mol. The normalized spacial score (nSPS) is 27.2. The van der Waals surface area contributed by atoms with Gasteiger partial charge in [0.2, 0.25) is 0 Å². The molecule has 3 heterocycles. The molecule has 0 aliphatic carbocycles. The van der Waals surface area contributed by atoms with Crippen LogP contribution in [0, 0.1) is 0 Å². The van der Waals surface area contributed by atoms with Crippen molar-refractivity contribution in [3.8, 4) is 0 Å². The van der Waals surface area contributed by atoms with Crippen molar-refractivity contribution < 1.29 is 33.8 Å². The van der Waals surface area contributed by atoms with Gasteiger partial charge in [0.25, 0.3) is 5.56 Å². The lowest BCUT2D eigenvalue weighted by Gasteiger charge is -2.16. The first kappa shape index (κ1) is 18.4. The highest BCUT2D eigenvalue weighted by molar-refractivity contribution is 7.46. The molecule has 3 rings (SSSR count). The van der Waals surface area contributed by atoms with E-state index in [0.29, 0.717) is 0 Å². The van der Waals surface area contributed by atoms with Gasteiger partial charge in [0.1, 0.15) is 24.1 Å². The summed E-state index contributed by atoms with van der Waals surface area (Å²) in [6.45, 7) is -0.646. The summed E-state index contributed by atoms with van der Waals surface area (Å²) in [7, 11) is -4.76. The minimum Gasteiger partial charge on any atom is -0.387 e. The topological polar surface area (TPSA) is 180 Å². The molecule has 4 unspecified atom stereocenters. The van der Waals surface area contributed by atoms with Crippen LogP contribution in [0.15, 0.2) is 11.1 Å². The lowest BCUT2D eigenvalue weighted by atomic mass is 10.1. The summed E-state index contributed by atoms with van der Waals surface area (Å²) >= 11 is 5.66. The van der Waals surface area contributed by atoms with Crippen LogP contribution in [0.5, 0.6) is 0 Å². The zero-order chi connectivity index (χ0) is 18.4. The third kappa shape index (κ3) is 3.61. The van der Waals surface area contributed by atoms with E-state index in [1.807, 2.05) is 0 Å². The largest absolute Gasteiger partial charge is 0.469 e. The molecule has 1 fully saturated rings. The Kier molecular flexibility index (Phi) is 4.97. The van der Waals surface area contributed by atoms with Gasteiger partial charge in [-0.2, -0.15) is 0 Å². The molecule has 0 amide bonds. The SMILES string of the molecule is O=c1[nH]c(CCl)nc2c1ncn2C1OC(COP(=O)(O)O)C(O)C1O. The Hall–Kier alpha value is -1.37. The summed E-state index contributed by atoms with van der Waals surface area (Å²) < 4.78 is 21.7. The Morgan fingerprint density at radius 2 is 2.12 bits per heavy atom. The van der Waals surface area contributed by atoms with E-state index in [9.17, 15) is 19.6 Å². The van der Waals surface area contributed by atoms with Gasteiger partial charge < -0.3 is 29.7 Å². The van der Waals surface area contributed by atoms with Gasteiger partial charge in [-0.15, -0.1) is 11.6 Å².